The maximum absolute atomic E-state index is 11.4. The molecule has 2 aliphatic rings. The van der Waals surface area contributed by atoms with Crippen molar-refractivity contribution in [1.82, 2.24) is 10.2 Å². The van der Waals surface area contributed by atoms with Crippen molar-refractivity contribution in [1.29, 1.82) is 5.26 Å². The Kier molecular flexibility index (Phi) is 3.47. The van der Waals surface area contributed by atoms with Crippen molar-refractivity contribution < 1.29 is 8.42 Å². The van der Waals surface area contributed by atoms with Gasteiger partial charge in [-0.2, -0.15) is 5.26 Å². The fourth-order valence-electron chi connectivity index (χ4n) is 2.59. The Morgan fingerprint density at radius 1 is 1.50 bits per heavy atom. The molecule has 90 valence electrons. The Morgan fingerprint density at radius 2 is 2.31 bits per heavy atom. The van der Waals surface area contributed by atoms with E-state index in [9.17, 15) is 8.42 Å². The summed E-state index contributed by atoms with van der Waals surface area (Å²) < 4.78 is 22.9. The van der Waals surface area contributed by atoms with E-state index in [1.165, 1.54) is 0 Å². The molecular formula is C10H17N3O2S. The van der Waals surface area contributed by atoms with Crippen LogP contribution in [-0.4, -0.2) is 56.5 Å². The molecule has 2 unspecified atom stereocenters. The van der Waals surface area contributed by atoms with E-state index in [1.807, 2.05) is 0 Å². The van der Waals surface area contributed by atoms with E-state index in [-0.39, 0.29) is 17.8 Å². The first-order valence-corrected chi connectivity index (χ1v) is 7.48. The van der Waals surface area contributed by atoms with E-state index >= 15 is 0 Å². The highest BCUT2D eigenvalue weighted by Crippen LogP contribution is 2.21. The van der Waals surface area contributed by atoms with E-state index in [4.69, 9.17) is 5.26 Å². The van der Waals surface area contributed by atoms with Gasteiger partial charge in [0.15, 0.2) is 9.84 Å². The number of sulfone groups is 1. The van der Waals surface area contributed by atoms with Crippen LogP contribution < -0.4 is 5.32 Å². The Hall–Kier alpha value is -0.640. The number of nitrogens with zero attached hydrogens (tertiary/aromatic N) is 2. The fraction of sp³-hybridized carbons (Fsp3) is 0.900. The summed E-state index contributed by atoms with van der Waals surface area (Å²) in [6, 6.07) is 2.49. The standard InChI is InChI=1S/C10H17N3O2S/c11-3-1-9-7-12-4-5-13(9)10-2-6-16(14,15)8-10/h9-10,12H,1-2,4-8H2. The second-order valence-corrected chi connectivity index (χ2v) is 6.74. The lowest BCUT2D eigenvalue weighted by atomic mass is 10.1. The maximum Gasteiger partial charge on any atom is 0.151 e. The molecular weight excluding hydrogens is 226 g/mol. The first-order chi connectivity index (χ1) is 7.62. The summed E-state index contributed by atoms with van der Waals surface area (Å²) in [5, 5.41) is 12.0. The lowest BCUT2D eigenvalue weighted by Gasteiger charge is -2.38. The van der Waals surface area contributed by atoms with Crippen molar-refractivity contribution >= 4 is 9.84 Å². The number of rotatable bonds is 2. The van der Waals surface area contributed by atoms with Crippen LogP contribution in [-0.2, 0) is 9.84 Å². The monoisotopic (exact) mass is 243 g/mol. The molecule has 0 aliphatic carbocycles. The first-order valence-electron chi connectivity index (χ1n) is 5.66. The zero-order chi connectivity index (χ0) is 11.6. The molecule has 5 nitrogen and oxygen atoms in total. The van der Waals surface area contributed by atoms with Crippen LogP contribution in [0.25, 0.3) is 0 Å². The van der Waals surface area contributed by atoms with Gasteiger partial charge in [-0.1, -0.05) is 0 Å². The summed E-state index contributed by atoms with van der Waals surface area (Å²) in [6.07, 6.45) is 1.20. The molecule has 2 fully saturated rings. The molecule has 2 rings (SSSR count). The summed E-state index contributed by atoms with van der Waals surface area (Å²) in [7, 11) is -2.83. The summed E-state index contributed by atoms with van der Waals surface area (Å²) in [5.41, 5.74) is 0. The van der Waals surface area contributed by atoms with E-state index < -0.39 is 9.84 Å². The second-order valence-electron chi connectivity index (χ2n) is 4.51. The fourth-order valence-corrected chi connectivity index (χ4v) is 4.33. The second kappa shape index (κ2) is 4.70. The van der Waals surface area contributed by atoms with Crippen LogP contribution in [0.5, 0.6) is 0 Å². The van der Waals surface area contributed by atoms with E-state index in [2.05, 4.69) is 16.3 Å². The van der Waals surface area contributed by atoms with Gasteiger partial charge in [0.25, 0.3) is 0 Å². The van der Waals surface area contributed by atoms with E-state index in [0.29, 0.717) is 12.2 Å². The van der Waals surface area contributed by atoms with Gasteiger partial charge >= 0.3 is 0 Å². The van der Waals surface area contributed by atoms with Gasteiger partial charge in [0, 0.05) is 31.7 Å². The molecule has 2 aliphatic heterocycles. The Morgan fingerprint density at radius 3 is 2.94 bits per heavy atom. The summed E-state index contributed by atoms with van der Waals surface area (Å²) >= 11 is 0. The van der Waals surface area contributed by atoms with Gasteiger partial charge in [0.05, 0.1) is 24.0 Å². The van der Waals surface area contributed by atoms with Crippen LogP contribution in [0, 0.1) is 11.3 Å². The highest BCUT2D eigenvalue weighted by molar-refractivity contribution is 7.91. The predicted molar refractivity (Wildman–Crippen MR) is 60.7 cm³/mol. The minimum atomic E-state index is -2.83. The largest absolute Gasteiger partial charge is 0.314 e. The molecule has 0 aromatic carbocycles. The minimum Gasteiger partial charge on any atom is -0.314 e. The number of nitrogens with one attached hydrogen (secondary N) is 1. The zero-order valence-electron chi connectivity index (χ0n) is 9.22. The first kappa shape index (κ1) is 11.8. The molecule has 2 saturated heterocycles. The van der Waals surface area contributed by atoms with Gasteiger partial charge in [0.1, 0.15) is 0 Å². The van der Waals surface area contributed by atoms with Crippen LogP contribution >= 0.6 is 0 Å². The average Bonchev–Trinajstić information content (AvgIpc) is 2.60. The van der Waals surface area contributed by atoms with Gasteiger partial charge in [-0.25, -0.2) is 8.42 Å². The average molecular weight is 243 g/mol. The Bertz CT molecular complexity index is 387. The molecule has 0 spiro atoms. The van der Waals surface area contributed by atoms with Crippen LogP contribution in [0.2, 0.25) is 0 Å². The molecule has 16 heavy (non-hydrogen) atoms. The number of nitriles is 1. The number of hydrogen-bond donors (Lipinski definition) is 1. The Balaban J connectivity index is 2.04. The van der Waals surface area contributed by atoms with Crippen molar-refractivity contribution in [3.05, 3.63) is 0 Å². The SMILES string of the molecule is N#CCC1CNCCN1C1CCS(=O)(=O)C1. The molecule has 0 radical (unpaired) electrons. The Labute approximate surface area is 96.3 Å². The molecule has 0 amide bonds. The lowest BCUT2D eigenvalue weighted by Crippen LogP contribution is -2.55. The van der Waals surface area contributed by atoms with Gasteiger partial charge in [-0.05, 0) is 6.42 Å². The van der Waals surface area contributed by atoms with Gasteiger partial charge < -0.3 is 5.32 Å². The van der Waals surface area contributed by atoms with Crippen LogP contribution in [0.15, 0.2) is 0 Å². The molecule has 2 atom stereocenters. The summed E-state index contributed by atoms with van der Waals surface area (Å²) in [5.74, 6) is 0.579. The van der Waals surface area contributed by atoms with Crippen molar-refractivity contribution in [2.24, 2.45) is 0 Å². The molecule has 1 N–H and O–H groups in total. The molecule has 0 bridgehead atoms. The van der Waals surface area contributed by atoms with Crippen molar-refractivity contribution in [3.63, 3.8) is 0 Å². The van der Waals surface area contributed by atoms with Crippen LogP contribution in [0.4, 0.5) is 0 Å². The summed E-state index contributed by atoms with van der Waals surface area (Å²) in [6.45, 7) is 2.54. The van der Waals surface area contributed by atoms with E-state index in [1.54, 1.807) is 0 Å². The highest BCUT2D eigenvalue weighted by atomic mass is 32.2. The minimum absolute atomic E-state index is 0.130. The van der Waals surface area contributed by atoms with E-state index in [0.717, 1.165) is 26.1 Å². The topological polar surface area (TPSA) is 73.2 Å². The lowest BCUT2D eigenvalue weighted by molar-refractivity contribution is 0.120. The highest BCUT2D eigenvalue weighted by Gasteiger charge is 2.36. The quantitative estimate of drug-likeness (QED) is 0.698. The third-order valence-corrected chi connectivity index (χ3v) is 5.15. The third-order valence-electron chi connectivity index (χ3n) is 3.40. The van der Waals surface area contributed by atoms with Crippen LogP contribution in [0.3, 0.4) is 0 Å². The van der Waals surface area contributed by atoms with Crippen LogP contribution in [0.1, 0.15) is 12.8 Å². The maximum atomic E-state index is 11.4. The molecule has 6 heteroatoms. The molecule has 0 aromatic heterocycles. The number of piperazine rings is 1. The van der Waals surface area contributed by atoms with Gasteiger partial charge in [-0.15, -0.1) is 0 Å². The molecule has 0 aromatic rings. The van der Waals surface area contributed by atoms with Crippen molar-refractivity contribution in [3.8, 4) is 6.07 Å². The van der Waals surface area contributed by atoms with Gasteiger partial charge in [0.2, 0.25) is 0 Å². The van der Waals surface area contributed by atoms with Crippen molar-refractivity contribution in [2.75, 3.05) is 31.1 Å². The molecule has 0 saturated carbocycles. The predicted octanol–water partition coefficient (Wildman–Crippen LogP) is -0.639. The smallest absolute Gasteiger partial charge is 0.151 e. The molecule has 2 heterocycles. The third kappa shape index (κ3) is 2.54. The summed E-state index contributed by atoms with van der Waals surface area (Å²) in [4.78, 5) is 2.21. The number of hydrogen-bond acceptors (Lipinski definition) is 5. The van der Waals surface area contributed by atoms with Crippen molar-refractivity contribution in [2.45, 2.75) is 24.9 Å². The zero-order valence-corrected chi connectivity index (χ0v) is 10.0. The normalized spacial score (nSPS) is 34.7. The van der Waals surface area contributed by atoms with Gasteiger partial charge in [-0.3, -0.25) is 4.90 Å².